The largest absolute Gasteiger partial charge is 0.421 e. The highest BCUT2D eigenvalue weighted by atomic mass is 16.5. The Labute approximate surface area is 345 Å². The van der Waals surface area contributed by atoms with Gasteiger partial charge in [0.1, 0.15) is 17.1 Å². The zero-order valence-electron chi connectivity index (χ0n) is 32.7. The van der Waals surface area contributed by atoms with Gasteiger partial charge in [0.25, 0.3) is 0 Å². The van der Waals surface area contributed by atoms with Crippen LogP contribution in [0.2, 0.25) is 0 Å². The Morgan fingerprint density at radius 1 is 0.333 bits per heavy atom. The van der Waals surface area contributed by atoms with E-state index >= 15 is 0 Å². The molecule has 0 N–H and O–H groups in total. The van der Waals surface area contributed by atoms with Crippen LogP contribution >= 0.6 is 0 Å². The van der Waals surface area contributed by atoms with E-state index in [1.807, 2.05) is 75.4 Å². The first-order valence-corrected chi connectivity index (χ1v) is 18.7. The highest BCUT2D eigenvalue weighted by molar-refractivity contribution is 6.02. The fraction of sp³-hybridized carbons (Fsp3) is 0.0625. The monoisotopic (exact) mass is 792 g/mol. The topological polar surface area (TPSA) is 153 Å². The summed E-state index contributed by atoms with van der Waals surface area (Å²) in [5.74, 6) is -2.37. The Morgan fingerprint density at radius 3 is 0.867 bits per heavy atom. The molecule has 0 bridgehead atoms. The Bertz CT molecular complexity index is 2460. The van der Waals surface area contributed by atoms with Gasteiger partial charge in [-0.2, -0.15) is 15.3 Å². The van der Waals surface area contributed by atoms with Crippen LogP contribution in [0.1, 0.15) is 47.8 Å². The van der Waals surface area contributed by atoms with E-state index in [1.165, 1.54) is 18.2 Å². The summed E-state index contributed by atoms with van der Waals surface area (Å²) in [5, 5.41) is 25.8. The predicted molar refractivity (Wildman–Crippen MR) is 227 cm³/mol. The van der Waals surface area contributed by atoms with Gasteiger partial charge in [0.2, 0.25) is 0 Å². The number of ether oxygens (including phenoxy) is 3. The van der Waals surface area contributed by atoms with Gasteiger partial charge in [-0.25, -0.2) is 14.4 Å². The molecule has 0 spiro atoms. The summed E-state index contributed by atoms with van der Waals surface area (Å²) < 4.78 is 17.5. The van der Waals surface area contributed by atoms with Gasteiger partial charge >= 0.3 is 17.9 Å². The van der Waals surface area contributed by atoms with Crippen LogP contribution in [0.15, 0.2) is 194 Å². The van der Waals surface area contributed by atoms with Gasteiger partial charge in [-0.15, -0.1) is 15.3 Å². The molecule has 7 aromatic carbocycles. The van der Waals surface area contributed by atoms with Crippen molar-refractivity contribution in [3.05, 3.63) is 197 Å². The molecule has 0 saturated heterocycles. The molecule has 0 aliphatic heterocycles. The molecule has 0 fully saturated rings. The normalized spacial score (nSPS) is 11.2. The van der Waals surface area contributed by atoms with Gasteiger partial charge in [-0.05, 0) is 128 Å². The Kier molecular flexibility index (Phi) is 12.5. The van der Waals surface area contributed by atoms with Crippen molar-refractivity contribution in [2.75, 3.05) is 0 Å². The van der Waals surface area contributed by atoms with Gasteiger partial charge in [-0.3, -0.25) is 0 Å². The number of hydrogen-bond acceptors (Lipinski definition) is 12. The second-order valence-electron chi connectivity index (χ2n) is 13.5. The summed E-state index contributed by atoms with van der Waals surface area (Å²) in [6.07, 6.45) is 0. The Balaban J connectivity index is 1.22. The van der Waals surface area contributed by atoms with E-state index < -0.39 is 17.9 Å². The van der Waals surface area contributed by atoms with E-state index in [2.05, 4.69) is 30.7 Å². The van der Waals surface area contributed by atoms with Crippen molar-refractivity contribution in [2.45, 2.75) is 20.8 Å². The summed E-state index contributed by atoms with van der Waals surface area (Å²) >= 11 is 0. The molecule has 0 radical (unpaired) electrons. The van der Waals surface area contributed by atoms with Crippen LogP contribution < -0.4 is 14.2 Å². The van der Waals surface area contributed by atoms with Gasteiger partial charge in [-0.1, -0.05) is 72.8 Å². The maximum absolute atomic E-state index is 14.0. The summed E-state index contributed by atoms with van der Waals surface area (Å²) in [6, 6.07) is 46.3. The standard InChI is InChI=1S/C48H36N6O6/c1-31-19-22-43(40(25-31)52-49-37-13-7-4-8-14-37)58-46(55)34-28-35(47(56)59-44-23-20-32(2)26-41(44)53-50-38-15-9-5-10-16-38)30-36(29-34)48(57)60-45-24-21-33(3)27-42(45)54-51-39-17-11-6-12-18-39/h4-30H,1-3H3. The molecule has 7 aromatic rings. The lowest BCUT2D eigenvalue weighted by Gasteiger charge is -2.12. The lowest BCUT2D eigenvalue weighted by molar-refractivity contribution is 0.0735. The lowest BCUT2D eigenvalue weighted by atomic mass is 10.1. The van der Waals surface area contributed by atoms with E-state index in [1.54, 1.807) is 91.0 Å². The van der Waals surface area contributed by atoms with Crippen molar-refractivity contribution >= 4 is 52.0 Å². The minimum absolute atomic E-state index is 0.100. The van der Waals surface area contributed by atoms with E-state index in [-0.39, 0.29) is 51.0 Å². The predicted octanol–water partition coefficient (Wildman–Crippen LogP) is 13.5. The maximum atomic E-state index is 14.0. The van der Waals surface area contributed by atoms with Crippen LogP contribution in [0.3, 0.4) is 0 Å². The van der Waals surface area contributed by atoms with Crippen LogP contribution in [0.25, 0.3) is 0 Å². The molecule has 0 atom stereocenters. The van der Waals surface area contributed by atoms with Crippen molar-refractivity contribution in [3.8, 4) is 17.2 Å². The zero-order valence-corrected chi connectivity index (χ0v) is 32.7. The second-order valence-corrected chi connectivity index (χ2v) is 13.5. The van der Waals surface area contributed by atoms with Crippen LogP contribution in [0, 0.1) is 20.8 Å². The molecule has 12 nitrogen and oxygen atoms in total. The first-order chi connectivity index (χ1) is 29.2. The molecule has 0 unspecified atom stereocenters. The average molecular weight is 793 g/mol. The van der Waals surface area contributed by atoms with Crippen molar-refractivity contribution in [2.24, 2.45) is 30.7 Å². The van der Waals surface area contributed by atoms with E-state index in [0.29, 0.717) is 17.1 Å². The van der Waals surface area contributed by atoms with E-state index in [0.717, 1.165) is 16.7 Å². The van der Waals surface area contributed by atoms with Gasteiger partial charge < -0.3 is 14.2 Å². The number of azo groups is 3. The first kappa shape index (κ1) is 40.0. The van der Waals surface area contributed by atoms with E-state index in [9.17, 15) is 14.4 Å². The quantitative estimate of drug-likeness (QED) is 0.0682. The highest BCUT2D eigenvalue weighted by Gasteiger charge is 2.23. The molecule has 7 rings (SSSR count). The Hall–Kier alpha value is -8.25. The third-order valence-corrected chi connectivity index (χ3v) is 8.68. The molecular formula is C48H36N6O6. The number of carbonyl (C=O) groups is 3. The summed E-state index contributed by atoms with van der Waals surface area (Å²) in [6.45, 7) is 5.60. The average Bonchev–Trinajstić information content (AvgIpc) is 3.27. The van der Waals surface area contributed by atoms with Gasteiger partial charge in [0.05, 0.1) is 33.8 Å². The number of carbonyl (C=O) groups excluding carboxylic acids is 3. The molecule has 294 valence electrons. The summed E-state index contributed by atoms with van der Waals surface area (Å²) in [7, 11) is 0. The molecule has 12 heteroatoms. The van der Waals surface area contributed by atoms with E-state index in [4.69, 9.17) is 14.2 Å². The number of nitrogens with zero attached hydrogens (tertiary/aromatic N) is 6. The smallest absolute Gasteiger partial charge is 0.343 e. The number of aryl methyl sites for hydroxylation is 3. The first-order valence-electron chi connectivity index (χ1n) is 18.7. The Morgan fingerprint density at radius 2 is 0.600 bits per heavy atom. The van der Waals surface area contributed by atoms with Crippen molar-refractivity contribution in [1.82, 2.24) is 0 Å². The van der Waals surface area contributed by atoms with Crippen LogP contribution in [-0.4, -0.2) is 17.9 Å². The molecule has 0 amide bonds. The number of esters is 3. The minimum atomic E-state index is -0.890. The number of benzene rings is 7. The minimum Gasteiger partial charge on any atom is -0.421 e. The SMILES string of the molecule is Cc1ccc(OC(=O)c2cc(C(=O)Oc3ccc(C)cc3N=Nc3ccccc3)cc(C(=O)Oc3ccc(C)cc3N=Nc3ccccc3)c2)c(N=Nc2ccccc2)c1. The number of hydrogen-bond donors (Lipinski definition) is 0. The van der Waals surface area contributed by atoms with Crippen molar-refractivity contribution in [3.63, 3.8) is 0 Å². The van der Waals surface area contributed by atoms with Gasteiger partial charge in [0, 0.05) is 0 Å². The third-order valence-electron chi connectivity index (χ3n) is 8.68. The highest BCUT2D eigenvalue weighted by Crippen LogP contribution is 2.34. The summed E-state index contributed by atoms with van der Waals surface area (Å²) in [5.41, 5.74) is 4.77. The zero-order chi connectivity index (χ0) is 41.8. The molecule has 60 heavy (non-hydrogen) atoms. The summed E-state index contributed by atoms with van der Waals surface area (Å²) in [4.78, 5) is 41.9. The molecular weight excluding hydrogens is 757 g/mol. The number of rotatable bonds is 12. The molecule has 0 heterocycles. The van der Waals surface area contributed by atoms with Crippen LogP contribution in [0.4, 0.5) is 34.1 Å². The maximum Gasteiger partial charge on any atom is 0.343 e. The van der Waals surface area contributed by atoms with Gasteiger partial charge in [0.15, 0.2) is 17.2 Å². The molecule has 0 aliphatic carbocycles. The fourth-order valence-corrected chi connectivity index (χ4v) is 5.65. The third kappa shape index (κ3) is 10.6. The molecule has 0 aliphatic rings. The molecule has 0 aromatic heterocycles. The van der Waals surface area contributed by atoms with Crippen molar-refractivity contribution < 1.29 is 28.6 Å². The fourth-order valence-electron chi connectivity index (χ4n) is 5.65. The second kappa shape index (κ2) is 18.8. The van der Waals surface area contributed by atoms with Crippen molar-refractivity contribution in [1.29, 1.82) is 0 Å². The molecule has 0 saturated carbocycles. The van der Waals surface area contributed by atoms with Crippen LogP contribution in [0.5, 0.6) is 17.2 Å². The lowest BCUT2D eigenvalue weighted by Crippen LogP contribution is -2.17. The van der Waals surface area contributed by atoms with Crippen LogP contribution in [-0.2, 0) is 0 Å².